The number of hydrogen-bond donors (Lipinski definition) is 1. The monoisotopic (exact) mass is 327 g/mol. The quantitative estimate of drug-likeness (QED) is 0.898. The van der Waals surface area contributed by atoms with Gasteiger partial charge in [-0.15, -0.1) is 0 Å². The second-order valence-electron chi connectivity index (χ2n) is 5.48. The van der Waals surface area contributed by atoms with E-state index in [9.17, 15) is 0 Å². The van der Waals surface area contributed by atoms with Gasteiger partial charge in [0.1, 0.15) is 0 Å². The van der Waals surface area contributed by atoms with Gasteiger partial charge in [-0.3, -0.25) is 9.88 Å². The molecule has 0 aromatic carbocycles. The number of pyridine rings is 1. The first kappa shape index (κ1) is 14.9. The minimum absolute atomic E-state index is 0.152. The van der Waals surface area contributed by atoms with Crippen LogP contribution >= 0.6 is 15.9 Å². The van der Waals surface area contributed by atoms with Gasteiger partial charge < -0.3 is 10.1 Å². The van der Waals surface area contributed by atoms with Gasteiger partial charge in [0.05, 0.1) is 18.9 Å². The molecule has 1 saturated heterocycles. The molecule has 1 N–H and O–H groups in total. The van der Waals surface area contributed by atoms with E-state index < -0.39 is 0 Å². The minimum Gasteiger partial charge on any atom is -0.379 e. The first-order valence-electron chi connectivity index (χ1n) is 6.72. The van der Waals surface area contributed by atoms with Crippen molar-refractivity contribution in [3.05, 3.63) is 28.5 Å². The molecule has 0 atom stereocenters. The number of nitrogens with zero attached hydrogens (tertiary/aromatic N) is 2. The van der Waals surface area contributed by atoms with Gasteiger partial charge in [-0.1, -0.05) is 0 Å². The third-order valence-electron chi connectivity index (χ3n) is 3.52. The maximum atomic E-state index is 5.40. The molecule has 1 aromatic heterocycles. The Morgan fingerprint density at radius 2 is 2.11 bits per heavy atom. The summed E-state index contributed by atoms with van der Waals surface area (Å²) < 4.78 is 6.42. The van der Waals surface area contributed by atoms with Crippen molar-refractivity contribution in [2.24, 2.45) is 0 Å². The van der Waals surface area contributed by atoms with Gasteiger partial charge in [0.15, 0.2) is 0 Å². The molecule has 2 rings (SSSR count). The van der Waals surface area contributed by atoms with Crippen molar-refractivity contribution in [2.75, 3.05) is 32.8 Å². The highest BCUT2D eigenvalue weighted by Gasteiger charge is 2.27. The fourth-order valence-corrected chi connectivity index (χ4v) is 2.52. The van der Waals surface area contributed by atoms with Gasteiger partial charge in [-0.2, -0.15) is 0 Å². The zero-order chi connectivity index (χ0) is 13.7. The molecule has 0 aliphatic carbocycles. The van der Waals surface area contributed by atoms with Crippen LogP contribution in [0, 0.1) is 0 Å². The summed E-state index contributed by atoms with van der Waals surface area (Å²) in [5.41, 5.74) is 1.22. The molecule has 2 heterocycles. The van der Waals surface area contributed by atoms with Crippen LogP contribution in [0.3, 0.4) is 0 Å². The van der Waals surface area contributed by atoms with Crippen molar-refractivity contribution in [1.82, 2.24) is 15.2 Å². The first-order valence-corrected chi connectivity index (χ1v) is 7.51. The lowest BCUT2D eigenvalue weighted by molar-refractivity contribution is -0.00968. The highest BCUT2D eigenvalue weighted by Crippen LogP contribution is 2.15. The third-order valence-corrected chi connectivity index (χ3v) is 3.99. The first-order chi connectivity index (χ1) is 9.08. The zero-order valence-corrected chi connectivity index (χ0v) is 13.2. The molecule has 1 aliphatic heterocycles. The van der Waals surface area contributed by atoms with E-state index in [4.69, 9.17) is 4.74 Å². The molecule has 5 heteroatoms. The minimum atomic E-state index is 0.152. The number of halogens is 1. The highest BCUT2D eigenvalue weighted by atomic mass is 79.9. The summed E-state index contributed by atoms with van der Waals surface area (Å²) in [6, 6.07) is 4.07. The fraction of sp³-hybridized carbons (Fsp3) is 0.643. The molecule has 0 radical (unpaired) electrons. The van der Waals surface area contributed by atoms with Gasteiger partial charge in [0.2, 0.25) is 0 Å². The van der Waals surface area contributed by atoms with Crippen molar-refractivity contribution in [3.8, 4) is 0 Å². The largest absolute Gasteiger partial charge is 0.379 e. The summed E-state index contributed by atoms with van der Waals surface area (Å²) in [6.45, 7) is 10.0. The molecule has 0 bridgehead atoms. The van der Waals surface area contributed by atoms with E-state index in [2.05, 4.69) is 45.0 Å². The average molecular weight is 328 g/mol. The summed E-state index contributed by atoms with van der Waals surface area (Å²) in [4.78, 5) is 6.85. The van der Waals surface area contributed by atoms with Crippen molar-refractivity contribution < 1.29 is 4.74 Å². The van der Waals surface area contributed by atoms with Crippen LogP contribution in [0.5, 0.6) is 0 Å². The zero-order valence-electron chi connectivity index (χ0n) is 11.7. The van der Waals surface area contributed by atoms with Gasteiger partial charge in [-0.05, 0) is 41.9 Å². The number of ether oxygens (including phenoxy) is 1. The van der Waals surface area contributed by atoms with Crippen LogP contribution in [0.4, 0.5) is 0 Å². The van der Waals surface area contributed by atoms with Crippen LogP contribution in [0.15, 0.2) is 22.8 Å². The Kier molecular flexibility index (Phi) is 5.33. The third kappa shape index (κ3) is 4.53. The lowest BCUT2D eigenvalue weighted by Gasteiger charge is -2.41. The Morgan fingerprint density at radius 3 is 2.74 bits per heavy atom. The highest BCUT2D eigenvalue weighted by molar-refractivity contribution is 9.10. The topological polar surface area (TPSA) is 37.4 Å². The van der Waals surface area contributed by atoms with Gasteiger partial charge in [-0.25, -0.2) is 0 Å². The number of hydrogen-bond acceptors (Lipinski definition) is 4. The number of rotatable bonds is 5. The Bertz CT molecular complexity index is 388. The lowest BCUT2D eigenvalue weighted by atomic mass is 10.0. The van der Waals surface area contributed by atoms with Crippen LogP contribution in [0.25, 0.3) is 0 Å². The van der Waals surface area contributed by atoms with Crippen molar-refractivity contribution in [2.45, 2.75) is 25.9 Å². The molecule has 1 fully saturated rings. The van der Waals surface area contributed by atoms with E-state index in [1.165, 1.54) is 0 Å². The van der Waals surface area contributed by atoms with Crippen LogP contribution < -0.4 is 5.32 Å². The molecule has 0 unspecified atom stereocenters. The second kappa shape index (κ2) is 6.79. The Morgan fingerprint density at radius 1 is 1.37 bits per heavy atom. The van der Waals surface area contributed by atoms with Crippen LogP contribution in [0.1, 0.15) is 19.5 Å². The molecule has 0 saturated carbocycles. The van der Waals surface area contributed by atoms with Crippen molar-refractivity contribution in [3.63, 3.8) is 0 Å². The van der Waals surface area contributed by atoms with Crippen LogP contribution in [0.2, 0.25) is 0 Å². The molecule has 1 aromatic rings. The van der Waals surface area contributed by atoms with E-state index >= 15 is 0 Å². The van der Waals surface area contributed by atoms with E-state index in [1.54, 1.807) is 0 Å². The lowest BCUT2D eigenvalue weighted by Crippen LogP contribution is -2.54. The molecular formula is C14H22BrN3O. The molecule has 1 aliphatic rings. The maximum absolute atomic E-state index is 5.40. The predicted molar refractivity (Wildman–Crippen MR) is 80.1 cm³/mol. The maximum Gasteiger partial charge on any atom is 0.0594 e. The summed E-state index contributed by atoms with van der Waals surface area (Å²) in [7, 11) is 0. The van der Waals surface area contributed by atoms with Gasteiger partial charge in [0, 0.05) is 42.4 Å². The smallest absolute Gasteiger partial charge is 0.0594 e. The summed E-state index contributed by atoms with van der Waals surface area (Å²) in [5.74, 6) is 0. The van der Waals surface area contributed by atoms with E-state index in [0.29, 0.717) is 0 Å². The molecule has 106 valence electrons. The summed E-state index contributed by atoms with van der Waals surface area (Å²) in [6.07, 6.45) is 1.84. The number of nitrogens with one attached hydrogen (secondary N) is 1. The molecule has 4 nitrogen and oxygen atoms in total. The Labute approximate surface area is 123 Å². The standard InChI is InChI=1S/C14H22BrN3O/c1-14(2,18-5-7-19-8-6-18)11-16-10-13-4-3-12(15)9-17-13/h3-4,9,16H,5-8,10-11H2,1-2H3. The van der Waals surface area contributed by atoms with E-state index in [0.717, 1.165) is 49.6 Å². The number of morpholine rings is 1. The summed E-state index contributed by atoms with van der Waals surface area (Å²) >= 11 is 3.40. The second-order valence-corrected chi connectivity index (χ2v) is 6.40. The van der Waals surface area contributed by atoms with Crippen molar-refractivity contribution in [1.29, 1.82) is 0 Å². The van der Waals surface area contributed by atoms with Gasteiger partial charge in [0.25, 0.3) is 0 Å². The Balaban J connectivity index is 1.78. The predicted octanol–water partition coefficient (Wildman–Crippen LogP) is 2.04. The van der Waals surface area contributed by atoms with E-state index in [1.807, 2.05) is 18.3 Å². The number of aromatic nitrogens is 1. The fourth-order valence-electron chi connectivity index (χ4n) is 2.29. The Hall–Kier alpha value is -0.490. The molecule has 0 spiro atoms. The van der Waals surface area contributed by atoms with Crippen LogP contribution in [-0.4, -0.2) is 48.3 Å². The summed E-state index contributed by atoms with van der Waals surface area (Å²) in [5, 5.41) is 3.50. The van der Waals surface area contributed by atoms with Crippen LogP contribution in [-0.2, 0) is 11.3 Å². The normalized spacial score (nSPS) is 17.6. The molecule has 0 amide bonds. The van der Waals surface area contributed by atoms with Crippen molar-refractivity contribution >= 4 is 15.9 Å². The van der Waals surface area contributed by atoms with Gasteiger partial charge >= 0.3 is 0 Å². The SMILES string of the molecule is CC(C)(CNCc1ccc(Br)cn1)N1CCOCC1. The average Bonchev–Trinajstić information content (AvgIpc) is 2.42. The van der Waals surface area contributed by atoms with E-state index in [-0.39, 0.29) is 5.54 Å². The molecular weight excluding hydrogens is 306 g/mol. The molecule has 19 heavy (non-hydrogen) atoms.